The van der Waals surface area contributed by atoms with Crippen molar-refractivity contribution >= 4 is 22.5 Å². The van der Waals surface area contributed by atoms with Crippen molar-refractivity contribution in [1.82, 2.24) is 15.5 Å². The van der Waals surface area contributed by atoms with E-state index in [-0.39, 0.29) is 18.5 Å². The molecule has 1 heterocycles. The molecule has 0 fully saturated rings. The van der Waals surface area contributed by atoms with Crippen molar-refractivity contribution in [2.45, 2.75) is 19.4 Å². The first kappa shape index (κ1) is 15.3. The number of anilines is 1. The number of aliphatic hydroxyl groups is 1. The third-order valence-electron chi connectivity index (χ3n) is 2.61. The average Bonchev–Trinajstić information content (AvgIpc) is 2.88. The highest BCUT2D eigenvalue weighted by Gasteiger charge is 2.10. The zero-order valence-corrected chi connectivity index (χ0v) is 12.2. The number of rotatable bonds is 5. The van der Waals surface area contributed by atoms with Crippen LogP contribution in [-0.4, -0.2) is 34.0 Å². The van der Waals surface area contributed by atoms with Gasteiger partial charge in [0.25, 0.3) is 0 Å². The summed E-state index contributed by atoms with van der Waals surface area (Å²) in [6.45, 7) is 1.54. The molecule has 0 saturated carbocycles. The van der Waals surface area contributed by atoms with Crippen LogP contribution in [0.3, 0.4) is 0 Å². The summed E-state index contributed by atoms with van der Waals surface area (Å²) >= 11 is 1.24. The first-order valence-corrected chi connectivity index (χ1v) is 7.13. The second-order valence-electron chi connectivity index (χ2n) is 4.49. The fraction of sp³-hybridized carbons (Fsp3) is 0.308. The molecule has 0 saturated heterocycles. The Morgan fingerprint density at radius 3 is 2.76 bits per heavy atom. The number of benzene rings is 1. The molecular weight excluding hydrogens is 295 g/mol. The standard InChI is InChI=1S/C13H15FN4O2S/c1-8(7-19)15-12(20)16-13-18-17-11(21-13)6-9-2-4-10(14)5-3-9/h2-5,8,19H,6-7H2,1H3,(H2,15,16,18,20)/t8-/m0/s1. The molecule has 0 aliphatic rings. The highest BCUT2D eigenvalue weighted by molar-refractivity contribution is 7.15. The zero-order chi connectivity index (χ0) is 15.2. The predicted molar refractivity (Wildman–Crippen MR) is 77.8 cm³/mol. The van der Waals surface area contributed by atoms with Crippen molar-refractivity contribution in [1.29, 1.82) is 0 Å². The quantitative estimate of drug-likeness (QED) is 0.785. The largest absolute Gasteiger partial charge is 0.394 e. The zero-order valence-electron chi connectivity index (χ0n) is 11.3. The van der Waals surface area contributed by atoms with Gasteiger partial charge in [0, 0.05) is 6.42 Å². The number of aliphatic hydroxyl groups excluding tert-OH is 1. The summed E-state index contributed by atoms with van der Waals surface area (Å²) in [4.78, 5) is 11.6. The summed E-state index contributed by atoms with van der Waals surface area (Å²) in [7, 11) is 0. The van der Waals surface area contributed by atoms with Crippen molar-refractivity contribution in [2.24, 2.45) is 0 Å². The van der Waals surface area contributed by atoms with Crippen LogP contribution in [0.15, 0.2) is 24.3 Å². The van der Waals surface area contributed by atoms with Crippen molar-refractivity contribution in [3.8, 4) is 0 Å². The lowest BCUT2D eigenvalue weighted by atomic mass is 10.2. The number of amides is 2. The summed E-state index contributed by atoms with van der Waals surface area (Å²) in [5.74, 6) is -0.284. The number of nitrogens with zero attached hydrogens (tertiary/aromatic N) is 2. The van der Waals surface area contributed by atoms with E-state index in [9.17, 15) is 9.18 Å². The smallest absolute Gasteiger partial charge is 0.321 e. The SMILES string of the molecule is C[C@@H](CO)NC(=O)Nc1nnc(Cc2ccc(F)cc2)s1. The predicted octanol–water partition coefficient (Wildman–Crippen LogP) is 1.77. The van der Waals surface area contributed by atoms with Gasteiger partial charge in [0.1, 0.15) is 10.8 Å². The molecule has 0 spiro atoms. The first-order chi connectivity index (χ1) is 10.1. The third kappa shape index (κ3) is 4.76. The van der Waals surface area contributed by atoms with E-state index in [1.165, 1.54) is 23.5 Å². The van der Waals surface area contributed by atoms with Crippen molar-refractivity contribution in [3.63, 3.8) is 0 Å². The fourth-order valence-corrected chi connectivity index (χ4v) is 2.32. The van der Waals surface area contributed by atoms with E-state index in [1.54, 1.807) is 19.1 Å². The molecule has 0 aliphatic heterocycles. The number of hydrogen-bond acceptors (Lipinski definition) is 5. The van der Waals surface area contributed by atoms with Crippen LogP contribution in [0, 0.1) is 5.82 Å². The summed E-state index contributed by atoms with van der Waals surface area (Å²) in [5.41, 5.74) is 0.914. The number of carbonyl (C=O) groups is 1. The summed E-state index contributed by atoms with van der Waals surface area (Å²) in [6, 6.07) is 5.36. The number of halogens is 1. The monoisotopic (exact) mass is 310 g/mol. The molecule has 1 aromatic heterocycles. The molecule has 8 heteroatoms. The van der Waals surface area contributed by atoms with Crippen LogP contribution in [0.5, 0.6) is 0 Å². The van der Waals surface area contributed by atoms with Gasteiger partial charge in [-0.3, -0.25) is 5.32 Å². The Morgan fingerprint density at radius 2 is 2.10 bits per heavy atom. The minimum Gasteiger partial charge on any atom is -0.394 e. The van der Waals surface area contributed by atoms with E-state index in [2.05, 4.69) is 20.8 Å². The number of carbonyl (C=O) groups excluding carboxylic acids is 1. The molecule has 0 radical (unpaired) electrons. The van der Waals surface area contributed by atoms with Gasteiger partial charge in [-0.25, -0.2) is 9.18 Å². The highest BCUT2D eigenvalue weighted by Crippen LogP contribution is 2.18. The Bertz CT molecular complexity index is 602. The fourth-order valence-electron chi connectivity index (χ4n) is 1.56. The molecule has 0 aliphatic carbocycles. The minimum absolute atomic E-state index is 0.140. The van der Waals surface area contributed by atoms with Crippen molar-refractivity contribution < 1.29 is 14.3 Å². The molecule has 6 nitrogen and oxygen atoms in total. The van der Waals surface area contributed by atoms with Gasteiger partial charge in [-0.1, -0.05) is 23.5 Å². The molecule has 2 aromatic rings. The number of aromatic nitrogens is 2. The van der Waals surface area contributed by atoms with Crippen molar-refractivity contribution in [3.05, 3.63) is 40.7 Å². The second-order valence-corrected chi connectivity index (χ2v) is 5.55. The van der Waals surface area contributed by atoms with Crippen LogP contribution in [0.1, 0.15) is 17.5 Å². The number of nitrogens with one attached hydrogen (secondary N) is 2. The lowest BCUT2D eigenvalue weighted by molar-refractivity contribution is 0.229. The van der Waals surface area contributed by atoms with Crippen LogP contribution in [-0.2, 0) is 6.42 Å². The van der Waals surface area contributed by atoms with E-state index in [4.69, 9.17) is 5.11 Å². The van der Waals surface area contributed by atoms with Gasteiger partial charge >= 0.3 is 6.03 Å². The Kier molecular flexibility index (Phi) is 5.18. The molecule has 112 valence electrons. The third-order valence-corrected chi connectivity index (χ3v) is 3.45. The summed E-state index contributed by atoms with van der Waals surface area (Å²) in [6.07, 6.45) is 0.522. The Hall–Kier alpha value is -2.06. The normalized spacial score (nSPS) is 12.0. The van der Waals surface area contributed by atoms with Gasteiger partial charge in [-0.15, -0.1) is 10.2 Å². The van der Waals surface area contributed by atoms with E-state index in [1.807, 2.05) is 0 Å². The Morgan fingerprint density at radius 1 is 1.38 bits per heavy atom. The van der Waals surface area contributed by atoms with Crippen LogP contribution in [0.2, 0.25) is 0 Å². The van der Waals surface area contributed by atoms with Crippen LogP contribution in [0.4, 0.5) is 14.3 Å². The Labute approximate surface area is 125 Å². The number of urea groups is 1. The maximum absolute atomic E-state index is 12.8. The number of hydrogen-bond donors (Lipinski definition) is 3. The highest BCUT2D eigenvalue weighted by atomic mass is 32.1. The van der Waals surface area contributed by atoms with Gasteiger partial charge in [0.2, 0.25) is 5.13 Å². The molecule has 1 atom stereocenters. The molecule has 21 heavy (non-hydrogen) atoms. The van der Waals surface area contributed by atoms with Crippen molar-refractivity contribution in [2.75, 3.05) is 11.9 Å². The maximum Gasteiger partial charge on any atom is 0.321 e. The lowest BCUT2D eigenvalue weighted by Gasteiger charge is -2.09. The van der Waals surface area contributed by atoms with Gasteiger partial charge in [-0.05, 0) is 24.6 Å². The van der Waals surface area contributed by atoms with Crippen LogP contribution in [0.25, 0.3) is 0 Å². The van der Waals surface area contributed by atoms with Gasteiger partial charge in [-0.2, -0.15) is 0 Å². The second kappa shape index (κ2) is 7.09. The molecule has 3 N–H and O–H groups in total. The van der Waals surface area contributed by atoms with E-state index >= 15 is 0 Å². The lowest BCUT2D eigenvalue weighted by Crippen LogP contribution is -2.38. The molecule has 0 unspecified atom stereocenters. The van der Waals surface area contributed by atoms with Gasteiger partial charge in [0.15, 0.2) is 0 Å². The maximum atomic E-state index is 12.8. The van der Waals surface area contributed by atoms with Gasteiger partial charge in [0.05, 0.1) is 12.6 Å². The molecule has 2 rings (SSSR count). The summed E-state index contributed by atoms with van der Waals surface area (Å²) < 4.78 is 12.8. The molecule has 2 amide bonds. The van der Waals surface area contributed by atoms with Crippen LogP contribution < -0.4 is 10.6 Å². The van der Waals surface area contributed by atoms with E-state index in [0.29, 0.717) is 16.6 Å². The molecular formula is C13H15FN4O2S. The van der Waals surface area contributed by atoms with E-state index < -0.39 is 6.03 Å². The first-order valence-electron chi connectivity index (χ1n) is 6.32. The minimum atomic E-state index is -0.443. The topological polar surface area (TPSA) is 87.1 Å². The van der Waals surface area contributed by atoms with Crippen LogP contribution >= 0.6 is 11.3 Å². The van der Waals surface area contributed by atoms with Gasteiger partial charge < -0.3 is 10.4 Å². The molecule has 0 bridgehead atoms. The summed E-state index contributed by atoms with van der Waals surface area (Å²) in [5, 5.41) is 22.8. The molecule has 1 aromatic carbocycles. The average molecular weight is 310 g/mol. The Balaban J connectivity index is 1.92. The van der Waals surface area contributed by atoms with E-state index in [0.717, 1.165) is 5.56 Å².